The molecular formula is C24H30O6. The van der Waals surface area contributed by atoms with Crippen LogP contribution in [0.4, 0.5) is 0 Å². The molecule has 4 atom stereocenters. The molecule has 2 unspecified atom stereocenters. The number of hydrogen-bond donors (Lipinski definition) is 4. The van der Waals surface area contributed by atoms with E-state index in [1.165, 1.54) is 0 Å². The monoisotopic (exact) mass is 414 g/mol. The molecular weight excluding hydrogens is 384 g/mol. The summed E-state index contributed by atoms with van der Waals surface area (Å²) < 4.78 is 0. The second-order valence-electron chi connectivity index (χ2n) is 7.51. The van der Waals surface area contributed by atoms with Crippen LogP contribution in [0, 0.1) is 0 Å². The van der Waals surface area contributed by atoms with Gasteiger partial charge in [-0.05, 0) is 35.1 Å². The highest BCUT2D eigenvalue weighted by Crippen LogP contribution is 2.14. The first-order valence-corrected chi connectivity index (χ1v) is 10.2. The first-order valence-electron chi connectivity index (χ1n) is 10.2. The van der Waals surface area contributed by atoms with E-state index < -0.39 is 36.0 Å². The molecule has 0 aromatic heterocycles. The molecule has 0 aliphatic heterocycles. The Labute approximate surface area is 176 Å². The highest BCUT2D eigenvalue weighted by molar-refractivity contribution is 6.40. The normalized spacial score (nSPS) is 15.3. The van der Waals surface area contributed by atoms with Gasteiger partial charge in [-0.15, -0.1) is 0 Å². The van der Waals surface area contributed by atoms with E-state index in [-0.39, 0.29) is 12.8 Å². The summed E-state index contributed by atoms with van der Waals surface area (Å²) in [7, 11) is 0. The average Bonchev–Trinajstić information content (AvgIpc) is 2.77. The SMILES string of the molecule is CCc1cccc(CC(O)[C@H](O)C(=O)C(=O)[C@H](O)C(O)Cc2cccc(CC)c2)c1. The number of aliphatic hydroxyl groups excluding tert-OH is 4. The third kappa shape index (κ3) is 6.31. The van der Waals surface area contributed by atoms with E-state index in [9.17, 15) is 30.0 Å². The number of rotatable bonds is 11. The van der Waals surface area contributed by atoms with Crippen molar-refractivity contribution in [3.63, 3.8) is 0 Å². The molecule has 30 heavy (non-hydrogen) atoms. The molecule has 6 nitrogen and oxygen atoms in total. The minimum absolute atomic E-state index is 0.0174. The predicted octanol–water partition coefficient (Wildman–Crippen LogP) is 1.18. The van der Waals surface area contributed by atoms with Crippen LogP contribution < -0.4 is 0 Å². The lowest BCUT2D eigenvalue weighted by molar-refractivity contribution is -0.152. The molecule has 6 heteroatoms. The molecule has 4 N–H and O–H groups in total. The van der Waals surface area contributed by atoms with Crippen LogP contribution in [0.3, 0.4) is 0 Å². The summed E-state index contributed by atoms with van der Waals surface area (Å²) in [6, 6.07) is 14.7. The Morgan fingerprint density at radius 3 is 1.33 bits per heavy atom. The Kier molecular flexibility index (Phi) is 8.87. The molecule has 162 valence electrons. The zero-order valence-corrected chi connectivity index (χ0v) is 17.4. The number of benzene rings is 2. The molecule has 0 bridgehead atoms. The van der Waals surface area contributed by atoms with Gasteiger partial charge in [0.1, 0.15) is 12.2 Å². The van der Waals surface area contributed by atoms with Crippen molar-refractivity contribution in [2.45, 2.75) is 63.9 Å². The topological polar surface area (TPSA) is 115 Å². The highest BCUT2D eigenvalue weighted by Gasteiger charge is 2.36. The Bertz CT molecular complexity index is 791. The average molecular weight is 414 g/mol. The summed E-state index contributed by atoms with van der Waals surface area (Å²) in [6.45, 7) is 3.97. The van der Waals surface area contributed by atoms with Crippen molar-refractivity contribution in [3.05, 3.63) is 70.8 Å². The number of aliphatic hydroxyl groups is 4. The molecule has 0 aliphatic carbocycles. The second-order valence-corrected chi connectivity index (χ2v) is 7.51. The zero-order chi connectivity index (χ0) is 22.3. The number of carbonyl (C=O) groups is 2. The summed E-state index contributed by atoms with van der Waals surface area (Å²) in [4.78, 5) is 24.5. The van der Waals surface area contributed by atoms with Crippen molar-refractivity contribution in [1.82, 2.24) is 0 Å². The molecule has 0 spiro atoms. The molecule has 0 saturated heterocycles. The maximum absolute atomic E-state index is 12.3. The highest BCUT2D eigenvalue weighted by atomic mass is 16.3. The van der Waals surface area contributed by atoms with E-state index in [4.69, 9.17) is 0 Å². The largest absolute Gasteiger partial charge is 0.390 e. The Hall–Kier alpha value is -2.38. The first kappa shape index (κ1) is 23.9. The van der Waals surface area contributed by atoms with E-state index in [1.54, 1.807) is 12.1 Å². The van der Waals surface area contributed by atoms with E-state index in [0.717, 1.165) is 35.1 Å². The third-order valence-corrected chi connectivity index (χ3v) is 5.20. The van der Waals surface area contributed by atoms with Gasteiger partial charge in [-0.1, -0.05) is 62.4 Å². The van der Waals surface area contributed by atoms with Crippen molar-refractivity contribution in [2.24, 2.45) is 0 Å². The minimum Gasteiger partial charge on any atom is -0.390 e. The van der Waals surface area contributed by atoms with Gasteiger partial charge in [0.15, 0.2) is 0 Å². The first-order chi connectivity index (χ1) is 14.3. The van der Waals surface area contributed by atoms with Gasteiger partial charge in [0, 0.05) is 12.8 Å². The Morgan fingerprint density at radius 2 is 1.00 bits per heavy atom. The predicted molar refractivity (Wildman–Crippen MR) is 113 cm³/mol. The van der Waals surface area contributed by atoms with Gasteiger partial charge in [0.05, 0.1) is 12.2 Å². The molecule has 2 rings (SSSR count). The number of aryl methyl sites for hydroxylation is 2. The Balaban J connectivity index is 1.98. The van der Waals surface area contributed by atoms with Crippen molar-refractivity contribution in [1.29, 1.82) is 0 Å². The van der Waals surface area contributed by atoms with Crippen LogP contribution in [-0.2, 0) is 35.3 Å². The van der Waals surface area contributed by atoms with Crippen LogP contribution in [0.5, 0.6) is 0 Å². The smallest absolute Gasteiger partial charge is 0.232 e. The Morgan fingerprint density at radius 1 is 0.667 bits per heavy atom. The van der Waals surface area contributed by atoms with E-state index in [1.807, 2.05) is 50.2 Å². The van der Waals surface area contributed by atoms with Gasteiger partial charge in [-0.3, -0.25) is 9.59 Å². The van der Waals surface area contributed by atoms with Gasteiger partial charge >= 0.3 is 0 Å². The maximum atomic E-state index is 12.3. The minimum atomic E-state index is -1.98. The summed E-state index contributed by atoms with van der Waals surface area (Å²) in [5.41, 5.74) is 3.53. The standard InChI is InChI=1S/C24H30O6/c1-3-15-7-5-9-17(11-15)13-19(25)21(27)23(29)24(30)22(28)20(26)14-18-10-6-8-16(4-2)12-18/h5-12,19-22,25-28H,3-4,13-14H2,1-2H3/t19?,20?,21-,22+. The van der Waals surface area contributed by atoms with E-state index in [0.29, 0.717) is 0 Å². The fourth-order valence-corrected chi connectivity index (χ4v) is 3.30. The maximum Gasteiger partial charge on any atom is 0.232 e. The lowest BCUT2D eigenvalue weighted by atomic mass is 9.93. The fourth-order valence-electron chi connectivity index (χ4n) is 3.30. The number of Topliss-reactive ketones (excluding diaryl/α,β-unsaturated/α-hetero) is 2. The third-order valence-electron chi connectivity index (χ3n) is 5.20. The van der Waals surface area contributed by atoms with Gasteiger partial charge in [0.2, 0.25) is 11.6 Å². The summed E-state index contributed by atoms with van der Waals surface area (Å²) in [5.74, 6) is -2.63. The van der Waals surface area contributed by atoms with Crippen LogP contribution in [0.15, 0.2) is 48.5 Å². The molecule has 0 amide bonds. The molecule has 0 saturated carbocycles. The van der Waals surface area contributed by atoms with Crippen molar-refractivity contribution >= 4 is 11.6 Å². The quantitative estimate of drug-likeness (QED) is 0.411. The number of carbonyl (C=O) groups excluding carboxylic acids is 2. The van der Waals surface area contributed by atoms with Crippen molar-refractivity contribution in [2.75, 3.05) is 0 Å². The van der Waals surface area contributed by atoms with E-state index >= 15 is 0 Å². The van der Waals surface area contributed by atoms with Gasteiger partial charge < -0.3 is 20.4 Å². The van der Waals surface area contributed by atoms with Crippen LogP contribution in [0.2, 0.25) is 0 Å². The van der Waals surface area contributed by atoms with Crippen molar-refractivity contribution < 1.29 is 30.0 Å². The van der Waals surface area contributed by atoms with E-state index in [2.05, 4.69) is 0 Å². The lowest BCUT2D eigenvalue weighted by Gasteiger charge is -2.20. The van der Waals surface area contributed by atoms with Crippen molar-refractivity contribution in [3.8, 4) is 0 Å². The van der Waals surface area contributed by atoms with Gasteiger partial charge in [-0.25, -0.2) is 0 Å². The number of ketones is 2. The summed E-state index contributed by atoms with van der Waals surface area (Å²) in [6.07, 6.45) is -5.39. The second kappa shape index (κ2) is 11.1. The number of hydrogen-bond acceptors (Lipinski definition) is 6. The summed E-state index contributed by atoms with van der Waals surface area (Å²) in [5, 5.41) is 40.6. The summed E-state index contributed by atoms with van der Waals surface area (Å²) >= 11 is 0. The molecule has 0 radical (unpaired) electrons. The van der Waals surface area contributed by atoms with Crippen LogP contribution in [0.1, 0.15) is 36.1 Å². The zero-order valence-electron chi connectivity index (χ0n) is 17.4. The molecule has 0 fully saturated rings. The molecule has 0 heterocycles. The lowest BCUT2D eigenvalue weighted by Crippen LogP contribution is -2.47. The molecule has 0 aliphatic rings. The molecule has 2 aromatic rings. The van der Waals surface area contributed by atoms with Crippen LogP contribution in [0.25, 0.3) is 0 Å². The van der Waals surface area contributed by atoms with Gasteiger partial charge in [0.25, 0.3) is 0 Å². The molecule has 2 aromatic carbocycles. The van der Waals surface area contributed by atoms with Gasteiger partial charge in [-0.2, -0.15) is 0 Å². The van der Waals surface area contributed by atoms with Crippen LogP contribution >= 0.6 is 0 Å². The fraction of sp³-hybridized carbons (Fsp3) is 0.417. The van der Waals surface area contributed by atoms with Crippen LogP contribution in [-0.4, -0.2) is 56.4 Å².